The van der Waals surface area contributed by atoms with E-state index in [-0.39, 0.29) is 11.9 Å². The lowest BCUT2D eigenvalue weighted by molar-refractivity contribution is -0.130. The van der Waals surface area contributed by atoms with Crippen molar-refractivity contribution in [3.05, 3.63) is 35.7 Å². The number of nitrogens with one attached hydrogen (secondary N) is 1. The molecule has 2 N–H and O–H groups in total. The molecule has 0 saturated carbocycles. The van der Waals surface area contributed by atoms with Gasteiger partial charge < -0.3 is 25.0 Å². The number of carbonyl (C=O) groups is 1. The number of hydrogen-bond donors (Lipinski definition) is 2. The Hall–Kier alpha value is -3.24. The summed E-state index contributed by atoms with van der Waals surface area (Å²) in [6, 6.07) is 3.87. The number of methoxy groups -OCH3 is 1. The summed E-state index contributed by atoms with van der Waals surface area (Å²) in [5.41, 5.74) is 4.02. The minimum Gasteiger partial charge on any atom is -0.495 e. The summed E-state index contributed by atoms with van der Waals surface area (Å²) in [5, 5.41) is 18.9. The second kappa shape index (κ2) is 8.60. The van der Waals surface area contributed by atoms with Gasteiger partial charge in [-0.2, -0.15) is 10.1 Å². The van der Waals surface area contributed by atoms with E-state index < -0.39 is 6.10 Å². The quantitative estimate of drug-likeness (QED) is 0.602. The molecule has 4 heterocycles. The third kappa shape index (κ3) is 4.11. The van der Waals surface area contributed by atoms with E-state index in [1.165, 1.54) is 18.1 Å². The lowest BCUT2D eigenvalue weighted by atomic mass is 9.99. The van der Waals surface area contributed by atoms with Gasteiger partial charge >= 0.3 is 0 Å². The lowest BCUT2D eigenvalue weighted by Gasteiger charge is -2.26. The molecule has 1 aromatic carbocycles. The van der Waals surface area contributed by atoms with Crippen LogP contribution in [0, 0.1) is 0 Å². The number of aliphatic hydroxyl groups excluding tert-OH is 1. The Morgan fingerprint density at radius 3 is 2.91 bits per heavy atom. The molecule has 10 heteroatoms. The average molecular weight is 452 g/mol. The van der Waals surface area contributed by atoms with E-state index >= 15 is 0 Å². The molecule has 1 fully saturated rings. The molecule has 2 aromatic heterocycles. The van der Waals surface area contributed by atoms with Crippen molar-refractivity contribution in [2.24, 2.45) is 0 Å². The molecule has 10 nitrogen and oxygen atoms in total. The number of amides is 1. The molecule has 1 saturated heterocycles. The molecule has 0 aliphatic carbocycles. The van der Waals surface area contributed by atoms with E-state index in [0.717, 1.165) is 36.3 Å². The number of aliphatic hydroxyl groups is 1. The first kappa shape index (κ1) is 21.6. The van der Waals surface area contributed by atoms with Crippen LogP contribution >= 0.6 is 0 Å². The highest BCUT2D eigenvalue weighted by Gasteiger charge is 2.35. The van der Waals surface area contributed by atoms with Crippen LogP contribution in [0.2, 0.25) is 0 Å². The summed E-state index contributed by atoms with van der Waals surface area (Å²) in [6.45, 7) is 4.37. The van der Waals surface area contributed by atoms with E-state index in [9.17, 15) is 9.90 Å². The smallest absolute Gasteiger partial charge is 0.229 e. The third-order valence-corrected chi connectivity index (χ3v) is 6.62. The number of fused-ring (bicyclic) bond motifs is 2. The molecule has 0 spiro atoms. The zero-order valence-corrected chi connectivity index (χ0v) is 19.2. The van der Waals surface area contributed by atoms with Crippen molar-refractivity contribution in [2.75, 3.05) is 32.6 Å². The lowest BCUT2D eigenvalue weighted by Crippen LogP contribution is -2.41. The minimum atomic E-state index is -0.578. The van der Waals surface area contributed by atoms with Crippen molar-refractivity contribution in [3.63, 3.8) is 0 Å². The van der Waals surface area contributed by atoms with Gasteiger partial charge in [0.1, 0.15) is 5.75 Å². The predicted molar refractivity (Wildman–Crippen MR) is 123 cm³/mol. The number of likely N-dealkylation sites (N-methyl/N-ethyl adjacent to an activating group) is 1. The van der Waals surface area contributed by atoms with Gasteiger partial charge in [0.15, 0.2) is 5.65 Å². The SMILES string of the molecule is COc1cc2c(cc1Nc1ncc3cnn(C[C@H]4[C@@H](O)CCN4C(C)=O)c3n1)CN(C)CC2. The summed E-state index contributed by atoms with van der Waals surface area (Å²) in [7, 11) is 3.78. The summed E-state index contributed by atoms with van der Waals surface area (Å²) in [4.78, 5) is 25.1. The van der Waals surface area contributed by atoms with Gasteiger partial charge in [0.05, 0.1) is 43.1 Å². The summed E-state index contributed by atoms with van der Waals surface area (Å²) in [6.07, 6.45) is 4.41. The van der Waals surface area contributed by atoms with Crippen molar-refractivity contribution < 1.29 is 14.6 Å². The van der Waals surface area contributed by atoms with E-state index in [2.05, 4.69) is 39.5 Å². The largest absolute Gasteiger partial charge is 0.495 e. The number of carbonyl (C=O) groups excluding carboxylic acids is 1. The van der Waals surface area contributed by atoms with Crippen molar-refractivity contribution in [3.8, 4) is 5.75 Å². The highest BCUT2D eigenvalue weighted by Crippen LogP contribution is 2.33. The molecule has 0 unspecified atom stereocenters. The average Bonchev–Trinajstić information content (AvgIpc) is 3.37. The monoisotopic (exact) mass is 451 g/mol. The fraction of sp³-hybridized carbons (Fsp3) is 0.478. The number of anilines is 2. The standard InChI is InChI=1S/C23H29N7O3/c1-14(31)29-7-5-20(32)19(29)13-30-22-17(11-25-30)10-24-23(27-22)26-18-8-16-12-28(2)6-4-15(16)9-21(18)33-3/h8-11,19-20,32H,4-7,12-13H2,1-3H3,(H,24,26,27)/t19-,20-/m0/s1. The first-order valence-corrected chi connectivity index (χ1v) is 11.2. The van der Waals surface area contributed by atoms with E-state index in [1.807, 2.05) is 0 Å². The van der Waals surface area contributed by atoms with Crippen LogP contribution < -0.4 is 10.1 Å². The molecule has 174 valence electrons. The molecule has 0 radical (unpaired) electrons. The number of nitrogens with zero attached hydrogens (tertiary/aromatic N) is 6. The molecule has 2 atom stereocenters. The molecular formula is C23H29N7O3. The molecule has 2 aliphatic rings. The fourth-order valence-electron chi connectivity index (χ4n) is 4.80. The number of aromatic nitrogens is 4. The number of rotatable bonds is 5. The van der Waals surface area contributed by atoms with Gasteiger partial charge in [-0.15, -0.1) is 0 Å². The summed E-state index contributed by atoms with van der Waals surface area (Å²) >= 11 is 0. The first-order valence-electron chi connectivity index (χ1n) is 11.2. The minimum absolute atomic E-state index is 0.0462. The Kier molecular flexibility index (Phi) is 5.63. The Morgan fingerprint density at radius 1 is 1.27 bits per heavy atom. The van der Waals surface area contributed by atoms with Crippen LogP contribution in [-0.2, 0) is 24.3 Å². The van der Waals surface area contributed by atoms with E-state index in [4.69, 9.17) is 9.72 Å². The van der Waals surface area contributed by atoms with Crippen LogP contribution in [0.5, 0.6) is 5.75 Å². The molecule has 5 rings (SSSR count). The fourth-order valence-corrected chi connectivity index (χ4v) is 4.80. The number of benzene rings is 1. The maximum absolute atomic E-state index is 12.0. The maximum Gasteiger partial charge on any atom is 0.229 e. The molecule has 33 heavy (non-hydrogen) atoms. The first-order chi connectivity index (χ1) is 15.9. The topological polar surface area (TPSA) is 109 Å². The predicted octanol–water partition coefficient (Wildman–Crippen LogP) is 1.55. The van der Waals surface area contributed by atoms with Crippen molar-refractivity contribution in [1.29, 1.82) is 0 Å². The van der Waals surface area contributed by atoms with E-state index in [0.29, 0.717) is 31.1 Å². The van der Waals surface area contributed by atoms with Gasteiger partial charge in [0, 0.05) is 32.8 Å². The highest BCUT2D eigenvalue weighted by atomic mass is 16.5. The van der Waals surface area contributed by atoms with Crippen LogP contribution in [0.15, 0.2) is 24.5 Å². The van der Waals surface area contributed by atoms with Gasteiger partial charge in [0.2, 0.25) is 11.9 Å². The van der Waals surface area contributed by atoms with Crippen LogP contribution in [0.25, 0.3) is 11.0 Å². The normalized spacial score (nSPS) is 20.8. The molecule has 0 bridgehead atoms. The van der Waals surface area contributed by atoms with Gasteiger partial charge in [-0.3, -0.25) is 4.79 Å². The maximum atomic E-state index is 12.0. The Balaban J connectivity index is 1.44. The molecule has 3 aromatic rings. The summed E-state index contributed by atoms with van der Waals surface area (Å²) < 4.78 is 7.36. The third-order valence-electron chi connectivity index (χ3n) is 6.62. The van der Waals surface area contributed by atoms with Crippen LogP contribution in [0.1, 0.15) is 24.5 Å². The number of ether oxygens (including phenoxy) is 1. The van der Waals surface area contributed by atoms with Crippen molar-refractivity contribution >= 4 is 28.6 Å². The van der Waals surface area contributed by atoms with Gasteiger partial charge in [-0.25, -0.2) is 9.67 Å². The van der Waals surface area contributed by atoms with Crippen LogP contribution in [0.4, 0.5) is 11.6 Å². The van der Waals surface area contributed by atoms with Crippen molar-refractivity contribution in [2.45, 2.75) is 45.0 Å². The second-order valence-corrected chi connectivity index (χ2v) is 8.87. The van der Waals surface area contributed by atoms with Gasteiger partial charge in [-0.05, 0) is 43.1 Å². The highest BCUT2D eigenvalue weighted by molar-refractivity contribution is 5.76. The van der Waals surface area contributed by atoms with E-state index in [1.54, 1.807) is 29.1 Å². The van der Waals surface area contributed by atoms with Crippen LogP contribution in [0.3, 0.4) is 0 Å². The Labute approximate surface area is 192 Å². The van der Waals surface area contributed by atoms with Crippen LogP contribution in [-0.4, -0.2) is 80.0 Å². The summed E-state index contributed by atoms with van der Waals surface area (Å²) in [5.74, 6) is 1.14. The molecule has 2 aliphatic heterocycles. The zero-order valence-electron chi connectivity index (χ0n) is 19.2. The Morgan fingerprint density at radius 2 is 2.12 bits per heavy atom. The number of likely N-dealkylation sites (tertiary alicyclic amines) is 1. The second-order valence-electron chi connectivity index (χ2n) is 8.87. The number of hydrogen-bond acceptors (Lipinski definition) is 8. The molecule has 1 amide bonds. The molecular weight excluding hydrogens is 422 g/mol. The van der Waals surface area contributed by atoms with Crippen molar-refractivity contribution in [1.82, 2.24) is 29.5 Å². The van der Waals surface area contributed by atoms with Gasteiger partial charge in [-0.1, -0.05) is 0 Å². The zero-order chi connectivity index (χ0) is 23.1. The Bertz CT molecular complexity index is 1190. The van der Waals surface area contributed by atoms with Gasteiger partial charge in [0.25, 0.3) is 0 Å².